The van der Waals surface area contributed by atoms with Crippen LogP contribution < -0.4 is 0 Å². The van der Waals surface area contributed by atoms with Crippen molar-refractivity contribution in [3.63, 3.8) is 0 Å². The molecule has 0 amide bonds. The van der Waals surface area contributed by atoms with Crippen LogP contribution in [0.3, 0.4) is 0 Å². The van der Waals surface area contributed by atoms with E-state index in [1.807, 2.05) is 18.2 Å². The third-order valence-electron chi connectivity index (χ3n) is 3.23. The van der Waals surface area contributed by atoms with Crippen molar-refractivity contribution in [2.24, 2.45) is 0 Å². The molecule has 2 atom stereocenters. The molecule has 0 aromatic heterocycles. The first-order valence-corrected chi connectivity index (χ1v) is 10.2. The van der Waals surface area contributed by atoms with E-state index < -0.39 is 8.32 Å². The standard InChI is InChI=1S/C16H26O3Si/c1-16(2,3)19-20(4,5)15-14(18-15)12-17-11-13-9-7-6-8-10-13/h6-10,14-15H,11-12H2,1-5H3/t14-,15-/m0/s1. The third kappa shape index (κ3) is 4.70. The van der Waals surface area contributed by atoms with E-state index >= 15 is 0 Å². The Morgan fingerprint density at radius 1 is 1.15 bits per heavy atom. The topological polar surface area (TPSA) is 31.0 Å². The van der Waals surface area contributed by atoms with Gasteiger partial charge in [0.1, 0.15) is 11.8 Å². The van der Waals surface area contributed by atoms with Gasteiger partial charge in [0.15, 0.2) is 0 Å². The molecule has 0 spiro atoms. The summed E-state index contributed by atoms with van der Waals surface area (Å²) in [6.07, 6.45) is 0.211. The van der Waals surface area contributed by atoms with E-state index in [0.29, 0.717) is 13.2 Å². The second kappa shape index (κ2) is 5.98. The summed E-state index contributed by atoms with van der Waals surface area (Å²) in [6, 6.07) is 10.2. The molecule has 0 N–H and O–H groups in total. The van der Waals surface area contributed by atoms with Crippen molar-refractivity contribution in [1.29, 1.82) is 0 Å². The van der Waals surface area contributed by atoms with E-state index in [0.717, 1.165) is 0 Å². The highest BCUT2D eigenvalue weighted by Crippen LogP contribution is 2.34. The van der Waals surface area contributed by atoms with Gasteiger partial charge in [0, 0.05) is 5.60 Å². The molecular weight excluding hydrogens is 268 g/mol. The van der Waals surface area contributed by atoms with Crippen molar-refractivity contribution >= 4 is 8.32 Å². The Bertz CT molecular complexity index is 425. The molecule has 20 heavy (non-hydrogen) atoms. The van der Waals surface area contributed by atoms with Gasteiger partial charge in [-0.25, -0.2) is 0 Å². The van der Waals surface area contributed by atoms with Crippen molar-refractivity contribution < 1.29 is 13.9 Å². The molecule has 1 saturated heterocycles. The summed E-state index contributed by atoms with van der Waals surface area (Å²) in [4.78, 5) is 0. The summed E-state index contributed by atoms with van der Waals surface area (Å²) >= 11 is 0. The van der Waals surface area contributed by atoms with Gasteiger partial charge in [-0.2, -0.15) is 0 Å². The van der Waals surface area contributed by atoms with Crippen LogP contribution in [0.15, 0.2) is 30.3 Å². The minimum absolute atomic E-state index is 0.100. The summed E-state index contributed by atoms with van der Waals surface area (Å²) in [5.74, 6) is 0. The van der Waals surface area contributed by atoms with E-state index in [9.17, 15) is 0 Å². The Kier molecular flexibility index (Phi) is 4.69. The average Bonchev–Trinajstić information content (AvgIpc) is 3.08. The average molecular weight is 294 g/mol. The fraction of sp³-hybridized carbons (Fsp3) is 0.625. The van der Waals surface area contributed by atoms with Crippen LogP contribution in [-0.4, -0.2) is 32.4 Å². The molecule has 0 unspecified atom stereocenters. The number of ether oxygens (including phenoxy) is 2. The highest BCUT2D eigenvalue weighted by atomic mass is 28.4. The summed E-state index contributed by atoms with van der Waals surface area (Å²) in [5, 5.41) is 0. The van der Waals surface area contributed by atoms with Crippen molar-refractivity contribution in [3.05, 3.63) is 35.9 Å². The molecule has 2 rings (SSSR count). The fourth-order valence-corrected chi connectivity index (χ4v) is 5.78. The van der Waals surface area contributed by atoms with Gasteiger partial charge in [-0.05, 0) is 39.4 Å². The van der Waals surface area contributed by atoms with E-state index in [1.54, 1.807) is 0 Å². The van der Waals surface area contributed by atoms with E-state index in [2.05, 4.69) is 46.0 Å². The summed E-state index contributed by atoms with van der Waals surface area (Å²) in [5.41, 5.74) is 1.36. The largest absolute Gasteiger partial charge is 0.410 e. The number of hydrogen-bond donors (Lipinski definition) is 0. The first-order chi connectivity index (χ1) is 9.28. The maximum atomic E-state index is 6.20. The molecule has 1 fully saturated rings. The highest BCUT2D eigenvalue weighted by Gasteiger charge is 2.53. The number of hydrogen-bond acceptors (Lipinski definition) is 3. The molecule has 0 bridgehead atoms. The molecule has 3 nitrogen and oxygen atoms in total. The zero-order valence-electron chi connectivity index (χ0n) is 13.2. The second-order valence-electron chi connectivity index (χ2n) is 6.91. The Morgan fingerprint density at radius 3 is 2.40 bits per heavy atom. The lowest BCUT2D eigenvalue weighted by Crippen LogP contribution is -2.45. The summed E-state index contributed by atoms with van der Waals surface area (Å²) < 4.78 is 17.7. The van der Waals surface area contributed by atoms with Crippen LogP contribution in [0.2, 0.25) is 13.1 Å². The Balaban J connectivity index is 1.72. The van der Waals surface area contributed by atoms with Crippen molar-refractivity contribution in [1.82, 2.24) is 0 Å². The molecule has 1 aliphatic heterocycles. The highest BCUT2D eigenvalue weighted by molar-refractivity contribution is 6.73. The smallest absolute Gasteiger partial charge is 0.218 e. The SMILES string of the molecule is CC(C)(C)O[Si](C)(C)[C@@H]1O[C@H]1COCc1ccccc1. The van der Waals surface area contributed by atoms with Gasteiger partial charge in [0.2, 0.25) is 8.32 Å². The van der Waals surface area contributed by atoms with Crippen molar-refractivity contribution in [2.75, 3.05) is 6.61 Å². The van der Waals surface area contributed by atoms with Gasteiger partial charge in [-0.1, -0.05) is 30.3 Å². The number of benzene rings is 1. The monoisotopic (exact) mass is 294 g/mol. The van der Waals surface area contributed by atoms with E-state index in [4.69, 9.17) is 13.9 Å². The Hall–Kier alpha value is -0.683. The lowest BCUT2D eigenvalue weighted by Gasteiger charge is -2.31. The van der Waals surface area contributed by atoms with E-state index in [-0.39, 0.29) is 17.4 Å². The molecule has 1 heterocycles. The van der Waals surface area contributed by atoms with Gasteiger partial charge in [0.05, 0.1) is 13.2 Å². The Labute approximate surface area is 123 Å². The van der Waals surface area contributed by atoms with Crippen LogP contribution in [0.1, 0.15) is 26.3 Å². The van der Waals surface area contributed by atoms with Crippen molar-refractivity contribution in [2.45, 2.75) is 57.9 Å². The minimum atomic E-state index is -1.80. The van der Waals surface area contributed by atoms with Crippen LogP contribution in [0.25, 0.3) is 0 Å². The second-order valence-corrected chi connectivity index (χ2v) is 10.9. The first kappa shape index (κ1) is 15.7. The normalized spacial score (nSPS) is 22.9. The third-order valence-corrected chi connectivity index (χ3v) is 6.25. The summed E-state index contributed by atoms with van der Waals surface area (Å²) in [7, 11) is -1.80. The number of rotatable bonds is 6. The molecule has 4 heteroatoms. The lowest BCUT2D eigenvalue weighted by molar-refractivity contribution is 0.104. The lowest BCUT2D eigenvalue weighted by atomic mass is 10.2. The predicted molar refractivity (Wildman–Crippen MR) is 83.1 cm³/mol. The Morgan fingerprint density at radius 2 is 1.80 bits per heavy atom. The van der Waals surface area contributed by atoms with Crippen LogP contribution in [-0.2, 0) is 20.5 Å². The van der Waals surface area contributed by atoms with Crippen molar-refractivity contribution in [3.8, 4) is 0 Å². The molecule has 0 radical (unpaired) electrons. The van der Waals surface area contributed by atoms with Crippen LogP contribution in [0.5, 0.6) is 0 Å². The van der Waals surface area contributed by atoms with Crippen LogP contribution >= 0.6 is 0 Å². The van der Waals surface area contributed by atoms with Gasteiger partial charge < -0.3 is 13.9 Å². The fourth-order valence-electron chi connectivity index (χ4n) is 2.60. The van der Waals surface area contributed by atoms with Gasteiger partial charge in [-0.15, -0.1) is 0 Å². The predicted octanol–water partition coefficient (Wildman–Crippen LogP) is 3.53. The molecule has 1 aromatic rings. The molecule has 1 aromatic carbocycles. The van der Waals surface area contributed by atoms with Crippen LogP contribution in [0.4, 0.5) is 0 Å². The molecule has 0 saturated carbocycles. The zero-order chi connectivity index (χ0) is 14.8. The van der Waals surface area contributed by atoms with Gasteiger partial charge in [-0.3, -0.25) is 0 Å². The molecular formula is C16H26O3Si. The quantitative estimate of drug-likeness (QED) is 0.594. The molecule has 112 valence electrons. The van der Waals surface area contributed by atoms with Gasteiger partial charge in [0.25, 0.3) is 0 Å². The first-order valence-electron chi connectivity index (χ1n) is 7.25. The maximum absolute atomic E-state index is 6.20. The van der Waals surface area contributed by atoms with Gasteiger partial charge >= 0.3 is 0 Å². The van der Waals surface area contributed by atoms with E-state index in [1.165, 1.54) is 5.56 Å². The summed E-state index contributed by atoms with van der Waals surface area (Å²) in [6.45, 7) is 12.1. The minimum Gasteiger partial charge on any atom is -0.410 e. The zero-order valence-corrected chi connectivity index (χ0v) is 14.2. The van der Waals surface area contributed by atoms with Crippen LogP contribution in [0, 0.1) is 0 Å². The maximum Gasteiger partial charge on any atom is 0.218 e. The number of epoxide rings is 1. The molecule has 0 aliphatic carbocycles. The molecule has 1 aliphatic rings.